The summed E-state index contributed by atoms with van der Waals surface area (Å²) in [6, 6.07) is 5.14. The second-order valence-electron chi connectivity index (χ2n) is 6.34. The molecule has 2 amide bonds. The summed E-state index contributed by atoms with van der Waals surface area (Å²) >= 11 is 7.27. The summed E-state index contributed by atoms with van der Waals surface area (Å²) in [7, 11) is 0. The van der Waals surface area contributed by atoms with Crippen LogP contribution in [-0.4, -0.2) is 41.6 Å². The van der Waals surface area contributed by atoms with Crippen LogP contribution in [0.15, 0.2) is 24.3 Å². The van der Waals surface area contributed by atoms with E-state index in [0.29, 0.717) is 17.2 Å². The number of carbonyl (C=O) groups excluding carboxylic acids is 3. The number of hydrogen-bond acceptors (Lipinski definition) is 6. The molecular formula is C17H23ClN2O5S. The summed E-state index contributed by atoms with van der Waals surface area (Å²) in [6.07, 6.45) is 1.47. The molecule has 0 saturated heterocycles. The number of nitrogens with one attached hydrogen (secondary N) is 2. The standard InChI is InChI=1S/C17H23ClN2O5S/c1-17(2,3)24-16(23)19-13(9-10-26-4)15(22)25-20-14(21)11-5-7-12(18)8-6-11/h5-8,13H,9-10H2,1-4H3,(H,19,23)(H,20,21)/t13-/m0/s1. The van der Waals surface area contributed by atoms with Crippen molar-refractivity contribution in [2.24, 2.45) is 0 Å². The first-order valence-corrected chi connectivity index (χ1v) is 9.64. The van der Waals surface area contributed by atoms with Gasteiger partial charge in [-0.05, 0) is 63.5 Å². The smallest absolute Gasteiger partial charge is 0.408 e. The number of hydrogen-bond donors (Lipinski definition) is 2. The molecule has 0 aliphatic carbocycles. The molecule has 0 aliphatic heterocycles. The van der Waals surface area contributed by atoms with E-state index in [-0.39, 0.29) is 5.56 Å². The Morgan fingerprint density at radius 3 is 2.35 bits per heavy atom. The summed E-state index contributed by atoms with van der Waals surface area (Å²) in [5, 5.41) is 2.94. The first kappa shape index (κ1) is 22.1. The molecule has 0 bridgehead atoms. The van der Waals surface area contributed by atoms with Crippen molar-refractivity contribution in [1.29, 1.82) is 0 Å². The van der Waals surface area contributed by atoms with Gasteiger partial charge in [0.15, 0.2) is 0 Å². The molecule has 9 heteroatoms. The third-order valence-corrected chi connectivity index (χ3v) is 3.83. The summed E-state index contributed by atoms with van der Waals surface area (Å²) in [5.74, 6) is -0.774. The normalized spacial score (nSPS) is 12.0. The maximum Gasteiger partial charge on any atom is 0.408 e. The maximum absolute atomic E-state index is 12.2. The fraction of sp³-hybridized carbons (Fsp3) is 0.471. The van der Waals surface area contributed by atoms with Gasteiger partial charge in [-0.15, -0.1) is 0 Å². The van der Waals surface area contributed by atoms with Crippen LogP contribution in [0.25, 0.3) is 0 Å². The predicted molar refractivity (Wildman–Crippen MR) is 101 cm³/mol. The van der Waals surface area contributed by atoms with Crippen LogP contribution in [0.3, 0.4) is 0 Å². The Bertz CT molecular complexity index is 631. The van der Waals surface area contributed by atoms with E-state index in [0.717, 1.165) is 0 Å². The number of carbonyl (C=O) groups is 3. The second-order valence-corrected chi connectivity index (χ2v) is 7.76. The number of thioether (sulfide) groups is 1. The number of rotatable bonds is 6. The summed E-state index contributed by atoms with van der Waals surface area (Å²) in [4.78, 5) is 40.9. The van der Waals surface area contributed by atoms with Crippen LogP contribution in [0.1, 0.15) is 37.6 Å². The average molecular weight is 403 g/mol. The number of benzene rings is 1. The molecule has 7 nitrogen and oxygen atoms in total. The average Bonchev–Trinajstić information content (AvgIpc) is 2.55. The van der Waals surface area contributed by atoms with E-state index in [2.05, 4.69) is 10.8 Å². The van der Waals surface area contributed by atoms with Crippen molar-refractivity contribution in [2.75, 3.05) is 12.0 Å². The van der Waals surface area contributed by atoms with Gasteiger partial charge in [0.25, 0.3) is 5.91 Å². The van der Waals surface area contributed by atoms with E-state index < -0.39 is 29.6 Å². The molecule has 1 atom stereocenters. The van der Waals surface area contributed by atoms with Crippen LogP contribution in [0.4, 0.5) is 4.79 Å². The van der Waals surface area contributed by atoms with Crippen molar-refractivity contribution in [2.45, 2.75) is 38.8 Å². The molecule has 0 aromatic heterocycles. The van der Waals surface area contributed by atoms with Crippen molar-refractivity contribution in [3.8, 4) is 0 Å². The Morgan fingerprint density at radius 2 is 1.81 bits per heavy atom. The third-order valence-electron chi connectivity index (χ3n) is 2.94. The van der Waals surface area contributed by atoms with Crippen LogP contribution >= 0.6 is 23.4 Å². The predicted octanol–water partition coefficient (Wildman–Crippen LogP) is 3.17. The zero-order valence-electron chi connectivity index (χ0n) is 15.1. The monoisotopic (exact) mass is 402 g/mol. The number of hydroxylamine groups is 1. The van der Waals surface area contributed by atoms with Crippen LogP contribution in [0.5, 0.6) is 0 Å². The summed E-state index contributed by atoms with van der Waals surface area (Å²) < 4.78 is 5.14. The molecule has 0 heterocycles. The van der Waals surface area contributed by atoms with Crippen molar-refractivity contribution in [3.05, 3.63) is 34.9 Å². The van der Waals surface area contributed by atoms with Crippen LogP contribution in [0, 0.1) is 0 Å². The van der Waals surface area contributed by atoms with Crippen molar-refractivity contribution < 1.29 is 24.0 Å². The van der Waals surface area contributed by atoms with Crippen LogP contribution < -0.4 is 10.8 Å². The van der Waals surface area contributed by atoms with Gasteiger partial charge in [-0.3, -0.25) is 4.79 Å². The molecule has 0 unspecified atom stereocenters. The van der Waals surface area contributed by atoms with Gasteiger partial charge in [-0.2, -0.15) is 17.2 Å². The Kier molecular flexibility index (Phi) is 8.74. The molecule has 26 heavy (non-hydrogen) atoms. The Balaban J connectivity index is 2.62. The fourth-order valence-electron chi connectivity index (χ4n) is 1.76. The second kappa shape index (κ2) is 10.3. The molecular weight excluding hydrogens is 380 g/mol. The summed E-state index contributed by atoms with van der Waals surface area (Å²) in [5.41, 5.74) is 1.65. The number of alkyl carbamates (subject to hydrolysis) is 1. The summed E-state index contributed by atoms with van der Waals surface area (Å²) in [6.45, 7) is 5.15. The largest absolute Gasteiger partial charge is 0.444 e. The molecule has 144 valence electrons. The van der Waals surface area contributed by atoms with Crippen molar-refractivity contribution in [1.82, 2.24) is 10.8 Å². The molecule has 0 spiro atoms. The highest BCUT2D eigenvalue weighted by Gasteiger charge is 2.26. The third kappa shape index (κ3) is 8.44. The highest BCUT2D eigenvalue weighted by molar-refractivity contribution is 7.98. The van der Waals surface area contributed by atoms with E-state index in [1.807, 2.05) is 6.26 Å². The lowest BCUT2D eigenvalue weighted by atomic mass is 10.2. The van der Waals surface area contributed by atoms with Crippen LogP contribution in [0.2, 0.25) is 5.02 Å². The maximum atomic E-state index is 12.2. The van der Waals surface area contributed by atoms with Gasteiger partial charge < -0.3 is 14.9 Å². The minimum atomic E-state index is -0.942. The lowest BCUT2D eigenvalue weighted by molar-refractivity contribution is -0.151. The van der Waals surface area contributed by atoms with Gasteiger partial charge in [0.1, 0.15) is 11.6 Å². The van der Waals surface area contributed by atoms with Gasteiger partial charge in [0.2, 0.25) is 0 Å². The SMILES string of the molecule is CSCC[C@H](NC(=O)OC(C)(C)C)C(=O)ONC(=O)c1ccc(Cl)cc1. The molecule has 1 aromatic carbocycles. The zero-order valence-corrected chi connectivity index (χ0v) is 16.7. The fourth-order valence-corrected chi connectivity index (χ4v) is 2.36. The first-order valence-electron chi connectivity index (χ1n) is 7.87. The van der Waals surface area contributed by atoms with E-state index in [1.54, 1.807) is 32.9 Å². The highest BCUT2D eigenvalue weighted by Crippen LogP contribution is 2.10. The zero-order chi connectivity index (χ0) is 19.7. The van der Waals surface area contributed by atoms with Gasteiger partial charge in [-0.25, -0.2) is 9.59 Å². The van der Waals surface area contributed by atoms with Gasteiger partial charge in [0, 0.05) is 10.6 Å². The molecule has 0 fully saturated rings. The van der Waals surface area contributed by atoms with Gasteiger partial charge >= 0.3 is 12.1 Å². The molecule has 2 N–H and O–H groups in total. The number of halogens is 1. The quantitative estimate of drug-likeness (QED) is 0.710. The Hall–Kier alpha value is -1.93. The Labute approximate surface area is 162 Å². The number of ether oxygens (including phenoxy) is 1. The van der Waals surface area contributed by atoms with Crippen molar-refractivity contribution in [3.63, 3.8) is 0 Å². The number of amides is 2. The van der Waals surface area contributed by atoms with E-state index >= 15 is 0 Å². The lowest BCUT2D eigenvalue weighted by Gasteiger charge is -2.22. The van der Waals surface area contributed by atoms with Gasteiger partial charge in [-0.1, -0.05) is 11.6 Å². The highest BCUT2D eigenvalue weighted by atomic mass is 35.5. The van der Waals surface area contributed by atoms with Gasteiger partial charge in [0.05, 0.1) is 0 Å². The van der Waals surface area contributed by atoms with Crippen molar-refractivity contribution >= 4 is 41.3 Å². The Morgan fingerprint density at radius 1 is 1.19 bits per heavy atom. The van der Waals surface area contributed by atoms with E-state index in [4.69, 9.17) is 21.2 Å². The molecule has 1 rings (SSSR count). The first-order chi connectivity index (χ1) is 12.1. The molecule has 1 aromatic rings. The van der Waals surface area contributed by atoms with E-state index in [9.17, 15) is 14.4 Å². The van der Waals surface area contributed by atoms with Crippen LogP contribution in [-0.2, 0) is 14.4 Å². The molecule has 0 radical (unpaired) electrons. The minimum absolute atomic E-state index is 0.281. The molecule has 0 saturated carbocycles. The lowest BCUT2D eigenvalue weighted by Crippen LogP contribution is -2.46. The molecule has 0 aliphatic rings. The minimum Gasteiger partial charge on any atom is -0.444 e. The van der Waals surface area contributed by atoms with E-state index in [1.165, 1.54) is 23.9 Å². The topological polar surface area (TPSA) is 93.7 Å².